The molecule has 1 aromatic rings. The Labute approximate surface area is 113 Å². The molecule has 1 saturated carbocycles. The van der Waals surface area contributed by atoms with E-state index in [1.807, 2.05) is 11.8 Å². The maximum absolute atomic E-state index is 10.8. The van der Waals surface area contributed by atoms with Gasteiger partial charge in [0, 0.05) is 4.90 Å². The van der Waals surface area contributed by atoms with Crippen LogP contribution in [-0.4, -0.2) is 16.8 Å². The van der Waals surface area contributed by atoms with Crippen LogP contribution in [0.2, 0.25) is 0 Å². The number of hydrogen-bond donors (Lipinski definition) is 1. The summed E-state index contributed by atoms with van der Waals surface area (Å²) < 4.78 is 0. The van der Waals surface area contributed by atoms with Gasteiger partial charge in [-0.05, 0) is 48.1 Å². The third kappa shape index (κ3) is 3.29. The minimum Gasteiger partial charge on any atom is -0.481 e. The highest BCUT2D eigenvalue weighted by Gasteiger charge is 2.43. The van der Waals surface area contributed by atoms with Crippen LogP contribution in [0.3, 0.4) is 0 Å². The fourth-order valence-electron chi connectivity index (χ4n) is 2.46. The van der Waals surface area contributed by atoms with E-state index >= 15 is 0 Å². The summed E-state index contributed by atoms with van der Waals surface area (Å²) in [6, 6.07) is 8.70. The molecule has 0 aromatic heterocycles. The first kappa shape index (κ1) is 13.5. The lowest BCUT2D eigenvalue weighted by Gasteiger charge is -2.12. The van der Waals surface area contributed by atoms with Crippen molar-refractivity contribution in [3.63, 3.8) is 0 Å². The molecule has 98 valence electrons. The van der Waals surface area contributed by atoms with E-state index in [4.69, 9.17) is 5.11 Å². The lowest BCUT2D eigenvalue weighted by molar-refractivity contribution is -0.138. The van der Waals surface area contributed by atoms with E-state index in [-0.39, 0.29) is 5.92 Å². The van der Waals surface area contributed by atoms with Crippen LogP contribution >= 0.6 is 11.8 Å². The summed E-state index contributed by atoms with van der Waals surface area (Å²) in [4.78, 5) is 12.1. The van der Waals surface area contributed by atoms with Gasteiger partial charge in [0.1, 0.15) is 0 Å². The zero-order valence-corrected chi connectivity index (χ0v) is 11.7. The first-order chi connectivity index (χ1) is 8.61. The van der Waals surface area contributed by atoms with E-state index < -0.39 is 5.97 Å². The summed E-state index contributed by atoms with van der Waals surface area (Å²) in [5.74, 6) is 1.24. The largest absolute Gasteiger partial charge is 0.481 e. The Kier molecular flexibility index (Phi) is 4.33. The summed E-state index contributed by atoms with van der Waals surface area (Å²) in [5.41, 5.74) is 1.33. The topological polar surface area (TPSA) is 37.3 Å². The molecule has 0 bridgehead atoms. The molecular weight excluding hydrogens is 244 g/mol. The maximum Gasteiger partial charge on any atom is 0.306 e. The molecule has 2 rings (SSSR count). The number of carbonyl (C=O) groups is 1. The molecule has 18 heavy (non-hydrogen) atoms. The molecule has 1 aliphatic carbocycles. The van der Waals surface area contributed by atoms with Gasteiger partial charge in [-0.15, -0.1) is 11.8 Å². The van der Waals surface area contributed by atoms with Gasteiger partial charge in [0.2, 0.25) is 0 Å². The Morgan fingerprint density at radius 1 is 1.44 bits per heavy atom. The quantitative estimate of drug-likeness (QED) is 0.789. The number of aliphatic carboxylic acids is 1. The van der Waals surface area contributed by atoms with Gasteiger partial charge >= 0.3 is 5.97 Å². The second-order valence-electron chi connectivity index (χ2n) is 5.08. The smallest absolute Gasteiger partial charge is 0.306 e. The van der Waals surface area contributed by atoms with Gasteiger partial charge in [-0.3, -0.25) is 4.79 Å². The first-order valence-electron chi connectivity index (χ1n) is 6.57. The summed E-state index contributed by atoms with van der Waals surface area (Å²) in [5, 5.41) is 8.90. The van der Waals surface area contributed by atoms with E-state index in [0.29, 0.717) is 11.8 Å². The van der Waals surface area contributed by atoms with E-state index in [2.05, 4.69) is 38.1 Å². The minimum atomic E-state index is -0.623. The predicted molar refractivity (Wildman–Crippen MR) is 75.1 cm³/mol. The second kappa shape index (κ2) is 5.79. The minimum absolute atomic E-state index is 0.0811. The van der Waals surface area contributed by atoms with Gasteiger partial charge in [-0.1, -0.05) is 26.0 Å². The average molecular weight is 264 g/mol. The van der Waals surface area contributed by atoms with Crippen LogP contribution in [0.15, 0.2) is 29.2 Å². The van der Waals surface area contributed by atoms with E-state index in [1.165, 1.54) is 10.5 Å². The van der Waals surface area contributed by atoms with Gasteiger partial charge in [0.15, 0.2) is 0 Å². The molecular formula is C15H20O2S. The van der Waals surface area contributed by atoms with Crippen LogP contribution in [0.4, 0.5) is 0 Å². The van der Waals surface area contributed by atoms with Crippen molar-refractivity contribution in [2.45, 2.75) is 37.5 Å². The Bertz CT molecular complexity index is 413. The van der Waals surface area contributed by atoms with Crippen LogP contribution < -0.4 is 0 Å². The van der Waals surface area contributed by atoms with Crippen LogP contribution in [0.1, 0.15) is 38.2 Å². The third-order valence-electron chi connectivity index (χ3n) is 3.66. The first-order valence-corrected chi connectivity index (χ1v) is 7.56. The van der Waals surface area contributed by atoms with E-state index in [1.54, 1.807) is 0 Å². The molecule has 0 saturated heterocycles. The van der Waals surface area contributed by atoms with E-state index in [0.717, 1.165) is 18.6 Å². The summed E-state index contributed by atoms with van der Waals surface area (Å²) in [6.45, 7) is 4.35. The van der Waals surface area contributed by atoms with Crippen molar-refractivity contribution in [1.29, 1.82) is 0 Å². The van der Waals surface area contributed by atoms with Gasteiger partial charge < -0.3 is 5.11 Å². The molecule has 3 atom stereocenters. The van der Waals surface area contributed by atoms with Crippen molar-refractivity contribution in [2.24, 2.45) is 11.8 Å². The summed E-state index contributed by atoms with van der Waals surface area (Å²) in [7, 11) is 0. The number of hydrogen-bond acceptors (Lipinski definition) is 2. The molecule has 0 amide bonds. The molecule has 1 aliphatic rings. The Hall–Kier alpha value is -0.960. The van der Waals surface area contributed by atoms with Crippen LogP contribution in [0.25, 0.3) is 0 Å². The molecule has 0 aliphatic heterocycles. The van der Waals surface area contributed by atoms with Crippen molar-refractivity contribution in [1.82, 2.24) is 0 Å². The molecule has 1 aromatic carbocycles. The Balaban J connectivity index is 1.89. The van der Waals surface area contributed by atoms with Gasteiger partial charge in [0.25, 0.3) is 0 Å². The molecule has 0 spiro atoms. The molecule has 0 heterocycles. The van der Waals surface area contributed by atoms with Crippen LogP contribution in [-0.2, 0) is 4.79 Å². The van der Waals surface area contributed by atoms with E-state index in [9.17, 15) is 4.79 Å². The molecule has 3 heteroatoms. The van der Waals surface area contributed by atoms with Crippen molar-refractivity contribution in [3.05, 3.63) is 29.8 Å². The second-order valence-corrected chi connectivity index (χ2v) is 6.42. The highest BCUT2D eigenvalue weighted by atomic mass is 32.2. The molecule has 1 fully saturated rings. The van der Waals surface area contributed by atoms with Crippen molar-refractivity contribution in [3.8, 4) is 0 Å². The molecule has 1 N–H and O–H groups in total. The standard InChI is InChI=1S/C15H20O2S/c1-3-18-13-6-4-11(5-7-13)10(2)8-12-9-14(12)15(16)17/h4-7,10,12,14H,3,8-9H2,1-2H3,(H,16,17). The lowest BCUT2D eigenvalue weighted by Crippen LogP contribution is -2.02. The number of benzene rings is 1. The highest BCUT2D eigenvalue weighted by molar-refractivity contribution is 7.99. The number of carboxylic acid groups (broad SMARTS) is 1. The summed E-state index contributed by atoms with van der Waals surface area (Å²) >= 11 is 1.85. The van der Waals surface area contributed by atoms with Gasteiger partial charge in [0.05, 0.1) is 5.92 Å². The van der Waals surface area contributed by atoms with Crippen LogP contribution in [0, 0.1) is 11.8 Å². The fraction of sp³-hybridized carbons (Fsp3) is 0.533. The molecule has 3 unspecified atom stereocenters. The number of rotatable bonds is 6. The predicted octanol–water partition coefficient (Wildman–Crippen LogP) is 4.01. The molecule has 2 nitrogen and oxygen atoms in total. The lowest BCUT2D eigenvalue weighted by atomic mass is 9.95. The molecule has 0 radical (unpaired) electrons. The van der Waals surface area contributed by atoms with Crippen LogP contribution in [0.5, 0.6) is 0 Å². The maximum atomic E-state index is 10.8. The monoisotopic (exact) mass is 264 g/mol. The zero-order chi connectivity index (χ0) is 13.1. The Morgan fingerprint density at radius 3 is 2.61 bits per heavy atom. The van der Waals surface area contributed by atoms with Crippen molar-refractivity contribution in [2.75, 3.05) is 5.75 Å². The SMILES string of the molecule is CCSc1ccc(C(C)CC2CC2C(=O)O)cc1. The highest BCUT2D eigenvalue weighted by Crippen LogP contribution is 2.45. The summed E-state index contributed by atoms with van der Waals surface area (Å²) in [6.07, 6.45) is 1.86. The Morgan fingerprint density at radius 2 is 2.11 bits per heavy atom. The number of carboxylic acids is 1. The fourth-order valence-corrected chi connectivity index (χ4v) is 3.12. The number of thioether (sulfide) groups is 1. The van der Waals surface area contributed by atoms with Gasteiger partial charge in [-0.2, -0.15) is 0 Å². The van der Waals surface area contributed by atoms with Crippen molar-refractivity contribution < 1.29 is 9.90 Å². The van der Waals surface area contributed by atoms with Crippen molar-refractivity contribution >= 4 is 17.7 Å². The normalized spacial score (nSPS) is 23.7. The van der Waals surface area contributed by atoms with Gasteiger partial charge in [-0.25, -0.2) is 0 Å². The third-order valence-corrected chi connectivity index (χ3v) is 4.55. The zero-order valence-electron chi connectivity index (χ0n) is 10.9. The average Bonchev–Trinajstić information content (AvgIpc) is 3.10.